The number of aliphatic imine (C=N–C) groups is 1. The zero-order chi connectivity index (χ0) is 18.1. The first-order valence-electron chi connectivity index (χ1n) is 9.33. The SMILES string of the molecule is CCNC(=NCC(C)(O)CN1CCOCC1)NCC1CN(C)CCO1.I. The molecule has 2 aliphatic heterocycles. The molecule has 154 valence electrons. The van der Waals surface area contributed by atoms with Crippen molar-refractivity contribution in [2.24, 2.45) is 4.99 Å². The standard InChI is InChI=1S/C17H35N5O3.HI/c1-4-18-16(19-11-15-12-21(3)5-10-25-15)20-13-17(2,23)14-22-6-8-24-9-7-22;/h15,23H,4-14H2,1-3H3,(H2,18,19,20);1H. The van der Waals surface area contributed by atoms with Crippen LogP contribution in [0.25, 0.3) is 0 Å². The summed E-state index contributed by atoms with van der Waals surface area (Å²) in [5, 5.41) is 17.2. The first kappa shape index (κ1) is 23.8. The van der Waals surface area contributed by atoms with Crippen molar-refractivity contribution < 1.29 is 14.6 Å². The van der Waals surface area contributed by atoms with E-state index < -0.39 is 5.60 Å². The molecule has 2 unspecified atom stereocenters. The van der Waals surface area contributed by atoms with Crippen LogP contribution in [-0.2, 0) is 9.47 Å². The van der Waals surface area contributed by atoms with Gasteiger partial charge in [-0.15, -0.1) is 24.0 Å². The van der Waals surface area contributed by atoms with Gasteiger partial charge in [-0.3, -0.25) is 9.89 Å². The molecular weight excluding hydrogens is 449 g/mol. The van der Waals surface area contributed by atoms with Crippen LogP contribution in [0.5, 0.6) is 0 Å². The Hall–Kier alpha value is -0.200. The number of nitrogens with one attached hydrogen (secondary N) is 2. The van der Waals surface area contributed by atoms with Gasteiger partial charge in [-0.1, -0.05) is 0 Å². The molecule has 2 heterocycles. The van der Waals surface area contributed by atoms with Crippen LogP contribution >= 0.6 is 24.0 Å². The highest BCUT2D eigenvalue weighted by Gasteiger charge is 2.25. The topological polar surface area (TPSA) is 81.6 Å². The van der Waals surface area contributed by atoms with E-state index in [1.807, 2.05) is 13.8 Å². The first-order valence-corrected chi connectivity index (χ1v) is 9.33. The van der Waals surface area contributed by atoms with Crippen LogP contribution < -0.4 is 10.6 Å². The maximum Gasteiger partial charge on any atom is 0.191 e. The Morgan fingerprint density at radius 1 is 1.23 bits per heavy atom. The third-order valence-corrected chi connectivity index (χ3v) is 4.43. The fourth-order valence-electron chi connectivity index (χ4n) is 3.08. The Morgan fingerprint density at radius 2 is 1.96 bits per heavy atom. The van der Waals surface area contributed by atoms with E-state index in [9.17, 15) is 5.11 Å². The monoisotopic (exact) mass is 485 g/mol. The molecule has 2 atom stereocenters. The molecule has 0 aliphatic carbocycles. The van der Waals surface area contributed by atoms with Gasteiger partial charge in [0.05, 0.1) is 38.1 Å². The van der Waals surface area contributed by atoms with Gasteiger partial charge in [-0.25, -0.2) is 0 Å². The number of guanidine groups is 1. The second-order valence-electron chi connectivity index (χ2n) is 7.22. The predicted molar refractivity (Wildman–Crippen MR) is 115 cm³/mol. The number of likely N-dealkylation sites (N-methyl/N-ethyl adjacent to an activating group) is 1. The highest BCUT2D eigenvalue weighted by Crippen LogP contribution is 2.09. The number of rotatable bonds is 7. The fraction of sp³-hybridized carbons (Fsp3) is 0.941. The van der Waals surface area contributed by atoms with Gasteiger partial charge in [0.2, 0.25) is 0 Å². The number of ether oxygens (including phenoxy) is 2. The molecule has 0 saturated carbocycles. The normalized spacial score (nSPS) is 25.2. The summed E-state index contributed by atoms with van der Waals surface area (Å²) in [5.74, 6) is 0.724. The summed E-state index contributed by atoms with van der Waals surface area (Å²) in [4.78, 5) is 9.07. The van der Waals surface area contributed by atoms with Crippen molar-refractivity contribution in [2.45, 2.75) is 25.6 Å². The summed E-state index contributed by atoms with van der Waals surface area (Å²) < 4.78 is 11.1. The van der Waals surface area contributed by atoms with Crippen molar-refractivity contribution in [3.63, 3.8) is 0 Å². The van der Waals surface area contributed by atoms with Gasteiger partial charge in [0.1, 0.15) is 0 Å². The minimum atomic E-state index is -0.860. The summed E-state index contributed by atoms with van der Waals surface area (Å²) in [6, 6.07) is 0. The molecule has 0 bridgehead atoms. The smallest absolute Gasteiger partial charge is 0.191 e. The number of β-amino-alcohol motifs (C(OH)–C–C–N with tert-alkyl or cyclic N) is 1. The zero-order valence-corrected chi connectivity index (χ0v) is 18.7. The molecule has 26 heavy (non-hydrogen) atoms. The van der Waals surface area contributed by atoms with Crippen molar-refractivity contribution in [2.75, 3.05) is 79.2 Å². The lowest BCUT2D eigenvalue weighted by Crippen LogP contribution is -2.50. The lowest BCUT2D eigenvalue weighted by molar-refractivity contribution is -0.0182. The van der Waals surface area contributed by atoms with E-state index in [0.29, 0.717) is 19.6 Å². The van der Waals surface area contributed by atoms with E-state index in [-0.39, 0.29) is 30.1 Å². The van der Waals surface area contributed by atoms with Crippen molar-refractivity contribution in [1.82, 2.24) is 20.4 Å². The molecule has 0 aromatic rings. The number of aliphatic hydroxyl groups is 1. The molecule has 2 rings (SSSR count). The third-order valence-electron chi connectivity index (χ3n) is 4.43. The van der Waals surface area contributed by atoms with Gasteiger partial charge < -0.3 is 30.1 Å². The van der Waals surface area contributed by atoms with Gasteiger partial charge in [-0.2, -0.15) is 0 Å². The van der Waals surface area contributed by atoms with Crippen molar-refractivity contribution >= 4 is 29.9 Å². The number of halogens is 1. The Kier molecular flexibility index (Phi) is 11.3. The Balaban J connectivity index is 0.00000338. The molecule has 3 N–H and O–H groups in total. The third kappa shape index (κ3) is 9.14. The first-order chi connectivity index (χ1) is 12.0. The second-order valence-corrected chi connectivity index (χ2v) is 7.22. The molecule has 0 aromatic carbocycles. The molecular formula is C17H36IN5O3. The highest BCUT2D eigenvalue weighted by molar-refractivity contribution is 14.0. The molecule has 2 saturated heterocycles. The molecule has 2 aliphatic rings. The molecule has 9 heteroatoms. The molecule has 0 aromatic heterocycles. The van der Waals surface area contributed by atoms with Crippen molar-refractivity contribution in [3.05, 3.63) is 0 Å². The summed E-state index contributed by atoms with van der Waals surface area (Å²) in [6.45, 7) is 12.2. The number of hydrogen-bond acceptors (Lipinski definition) is 6. The molecule has 2 fully saturated rings. The maximum atomic E-state index is 10.7. The average molecular weight is 485 g/mol. The van der Waals surface area contributed by atoms with Gasteiger partial charge in [-0.05, 0) is 20.9 Å². The molecule has 8 nitrogen and oxygen atoms in total. The summed E-state index contributed by atoms with van der Waals surface area (Å²) >= 11 is 0. The Labute approximate surface area is 174 Å². The summed E-state index contributed by atoms with van der Waals surface area (Å²) in [7, 11) is 2.11. The van der Waals surface area contributed by atoms with Gasteiger partial charge in [0.25, 0.3) is 0 Å². The summed E-state index contributed by atoms with van der Waals surface area (Å²) in [6.07, 6.45) is 0.163. The minimum absolute atomic E-state index is 0. The van der Waals surface area contributed by atoms with Crippen LogP contribution in [0.4, 0.5) is 0 Å². The van der Waals surface area contributed by atoms with E-state index in [1.54, 1.807) is 0 Å². The number of morpholine rings is 2. The highest BCUT2D eigenvalue weighted by atomic mass is 127. The van der Waals surface area contributed by atoms with E-state index in [4.69, 9.17) is 9.47 Å². The fourth-order valence-corrected chi connectivity index (χ4v) is 3.08. The Bertz CT molecular complexity index is 419. The van der Waals surface area contributed by atoms with Crippen LogP contribution in [0, 0.1) is 0 Å². The maximum absolute atomic E-state index is 10.7. The number of nitrogens with zero attached hydrogens (tertiary/aromatic N) is 3. The van der Waals surface area contributed by atoms with Crippen molar-refractivity contribution in [1.29, 1.82) is 0 Å². The lowest BCUT2D eigenvalue weighted by atomic mass is 10.1. The molecule has 0 spiro atoms. The van der Waals surface area contributed by atoms with Gasteiger partial charge >= 0.3 is 0 Å². The number of hydrogen-bond donors (Lipinski definition) is 3. The zero-order valence-electron chi connectivity index (χ0n) is 16.4. The summed E-state index contributed by atoms with van der Waals surface area (Å²) in [5.41, 5.74) is -0.860. The lowest BCUT2D eigenvalue weighted by Gasteiger charge is -2.33. The van der Waals surface area contributed by atoms with E-state index >= 15 is 0 Å². The second kappa shape index (κ2) is 12.3. The van der Waals surface area contributed by atoms with E-state index in [0.717, 1.165) is 58.5 Å². The Morgan fingerprint density at radius 3 is 2.62 bits per heavy atom. The largest absolute Gasteiger partial charge is 0.387 e. The van der Waals surface area contributed by atoms with Crippen molar-refractivity contribution in [3.8, 4) is 0 Å². The van der Waals surface area contributed by atoms with E-state index in [1.165, 1.54) is 0 Å². The molecule has 0 amide bonds. The van der Waals surface area contributed by atoms with Crippen LogP contribution in [0.3, 0.4) is 0 Å². The van der Waals surface area contributed by atoms with Crippen LogP contribution in [0.2, 0.25) is 0 Å². The predicted octanol–water partition coefficient (Wildman–Crippen LogP) is -0.427. The van der Waals surface area contributed by atoms with Crippen LogP contribution in [0.1, 0.15) is 13.8 Å². The minimum Gasteiger partial charge on any atom is -0.387 e. The van der Waals surface area contributed by atoms with Crippen LogP contribution in [-0.4, -0.2) is 112 Å². The van der Waals surface area contributed by atoms with Gasteiger partial charge in [0.15, 0.2) is 5.96 Å². The quantitative estimate of drug-likeness (QED) is 0.257. The molecule has 0 radical (unpaired) electrons. The van der Waals surface area contributed by atoms with E-state index in [2.05, 4.69) is 32.5 Å². The van der Waals surface area contributed by atoms with Crippen LogP contribution in [0.15, 0.2) is 4.99 Å². The average Bonchev–Trinajstić information content (AvgIpc) is 2.58. The van der Waals surface area contributed by atoms with Gasteiger partial charge in [0, 0.05) is 45.8 Å².